The Balaban J connectivity index is 1.43. The van der Waals surface area contributed by atoms with Gasteiger partial charge in [0.25, 0.3) is 5.91 Å². The summed E-state index contributed by atoms with van der Waals surface area (Å²) in [6.45, 7) is 0.216. The number of aryl methyl sites for hydroxylation is 1. The average molecular weight is 563 g/mol. The molecule has 3 aromatic carbocycles. The molecule has 1 aliphatic rings. The minimum atomic E-state index is -4.95. The van der Waals surface area contributed by atoms with Crippen molar-refractivity contribution in [2.45, 2.75) is 38.2 Å². The number of fused-ring (bicyclic) bond motifs is 1. The highest BCUT2D eigenvalue weighted by molar-refractivity contribution is 6.00. The number of hydrogen-bond donors (Lipinski definition) is 2. The van der Waals surface area contributed by atoms with Gasteiger partial charge < -0.3 is 4.74 Å². The third kappa shape index (κ3) is 7.09. The van der Waals surface area contributed by atoms with Gasteiger partial charge in [0.2, 0.25) is 0 Å². The number of hydroxylamine groups is 1. The second-order valence-electron chi connectivity index (χ2n) is 9.38. The summed E-state index contributed by atoms with van der Waals surface area (Å²) in [5.41, 5.74) is 1.13. The predicted molar refractivity (Wildman–Crippen MR) is 132 cm³/mol. The van der Waals surface area contributed by atoms with Crippen molar-refractivity contribution in [3.05, 3.63) is 106 Å². The van der Waals surface area contributed by atoms with Crippen LogP contribution in [0.5, 0.6) is 5.75 Å². The minimum Gasteiger partial charge on any atom is -0.489 e. The molecule has 0 saturated carbocycles. The number of amides is 1. The van der Waals surface area contributed by atoms with Gasteiger partial charge in [-0.25, -0.2) is 5.48 Å². The molecular weight excluding hydrogens is 540 g/mol. The van der Waals surface area contributed by atoms with E-state index < -0.39 is 35.3 Å². The predicted octanol–water partition coefficient (Wildman–Crippen LogP) is 6.81. The van der Waals surface area contributed by atoms with Gasteiger partial charge >= 0.3 is 12.4 Å². The number of alkyl halides is 6. The van der Waals surface area contributed by atoms with E-state index >= 15 is 0 Å². The standard InChI is InChI=1S/C29H23F6NO4/c30-28(31,32)22-12-19(13-23(15-22)29(33,34)35)11-21-7-6-20-14-24(8-9-25(20)27(21)38)40-16-18-3-1-17(2-4-18)5-10-26(37)36-39/h1-5,8-10,12-15,21,39H,6-7,11,16H2,(H,36,37)/b10-5+. The molecule has 0 aromatic heterocycles. The van der Waals surface area contributed by atoms with Gasteiger partial charge in [0.15, 0.2) is 5.78 Å². The van der Waals surface area contributed by atoms with Crippen LogP contribution in [-0.2, 0) is 36.6 Å². The van der Waals surface area contributed by atoms with Gasteiger partial charge in [-0.15, -0.1) is 0 Å². The number of hydrogen-bond acceptors (Lipinski definition) is 4. The third-order valence-corrected chi connectivity index (χ3v) is 6.53. The number of rotatable bonds is 7. The number of Topliss-reactive ketones (excluding diaryl/α,β-unsaturated/α-hetero) is 1. The second-order valence-corrected chi connectivity index (χ2v) is 9.38. The van der Waals surface area contributed by atoms with Crippen molar-refractivity contribution in [1.29, 1.82) is 0 Å². The van der Waals surface area contributed by atoms with Crippen LogP contribution in [0.3, 0.4) is 0 Å². The lowest BCUT2D eigenvalue weighted by atomic mass is 9.79. The van der Waals surface area contributed by atoms with Gasteiger partial charge in [-0.2, -0.15) is 26.3 Å². The molecule has 0 heterocycles. The van der Waals surface area contributed by atoms with Gasteiger partial charge in [-0.05, 0) is 84.0 Å². The summed E-state index contributed by atoms with van der Waals surface area (Å²) in [5.74, 6) is -1.24. The van der Waals surface area contributed by atoms with Crippen LogP contribution in [-0.4, -0.2) is 16.9 Å². The molecule has 0 fully saturated rings. The Morgan fingerprint density at radius 1 is 0.925 bits per heavy atom. The molecule has 0 bridgehead atoms. The summed E-state index contributed by atoms with van der Waals surface area (Å²) >= 11 is 0. The normalized spacial score (nSPS) is 15.7. The summed E-state index contributed by atoms with van der Waals surface area (Å²) in [4.78, 5) is 24.2. The molecule has 11 heteroatoms. The first-order valence-corrected chi connectivity index (χ1v) is 12.1. The van der Waals surface area contributed by atoms with Crippen LogP contribution in [0, 0.1) is 5.92 Å². The van der Waals surface area contributed by atoms with E-state index in [4.69, 9.17) is 9.94 Å². The summed E-state index contributed by atoms with van der Waals surface area (Å²) < 4.78 is 85.1. The molecule has 5 nitrogen and oxygen atoms in total. The molecule has 3 aromatic rings. The van der Waals surface area contributed by atoms with Crippen molar-refractivity contribution in [1.82, 2.24) is 5.48 Å². The summed E-state index contributed by atoms with van der Waals surface area (Å²) in [6, 6.07) is 13.4. The lowest BCUT2D eigenvalue weighted by molar-refractivity contribution is -0.143. The maximum atomic E-state index is 13.2. The highest BCUT2D eigenvalue weighted by Gasteiger charge is 2.37. The van der Waals surface area contributed by atoms with Crippen LogP contribution in [0.15, 0.2) is 66.7 Å². The topological polar surface area (TPSA) is 75.6 Å². The fourth-order valence-electron chi connectivity index (χ4n) is 4.51. The SMILES string of the molecule is O=C(/C=C/c1ccc(COc2ccc3c(c2)CCC(Cc2cc(C(F)(F)F)cc(C(F)(F)F)c2)C3=O)cc1)NO. The number of carbonyl (C=O) groups is 2. The molecule has 40 heavy (non-hydrogen) atoms. The van der Waals surface area contributed by atoms with Crippen molar-refractivity contribution in [3.8, 4) is 5.75 Å². The molecule has 0 radical (unpaired) electrons. The van der Waals surface area contributed by atoms with E-state index in [2.05, 4.69) is 0 Å². The molecule has 210 valence electrons. The van der Waals surface area contributed by atoms with Crippen LogP contribution < -0.4 is 10.2 Å². The van der Waals surface area contributed by atoms with Crippen LogP contribution in [0.1, 0.15) is 50.2 Å². The molecule has 0 aliphatic heterocycles. The molecule has 0 spiro atoms. The zero-order valence-electron chi connectivity index (χ0n) is 20.8. The van der Waals surface area contributed by atoms with Crippen molar-refractivity contribution < 1.29 is 45.9 Å². The van der Waals surface area contributed by atoms with E-state index in [9.17, 15) is 35.9 Å². The van der Waals surface area contributed by atoms with E-state index in [1.54, 1.807) is 42.5 Å². The fourth-order valence-corrected chi connectivity index (χ4v) is 4.51. The molecule has 2 N–H and O–H groups in total. The second kappa shape index (κ2) is 11.5. The van der Waals surface area contributed by atoms with Crippen LogP contribution in [0.4, 0.5) is 26.3 Å². The van der Waals surface area contributed by atoms with E-state index in [0.717, 1.165) is 11.1 Å². The van der Waals surface area contributed by atoms with E-state index in [0.29, 0.717) is 35.4 Å². The summed E-state index contributed by atoms with van der Waals surface area (Å²) in [6.07, 6.45) is -6.76. The van der Waals surface area contributed by atoms with Gasteiger partial charge in [0.05, 0.1) is 11.1 Å². The first-order valence-electron chi connectivity index (χ1n) is 12.1. The number of nitrogens with one attached hydrogen (secondary N) is 1. The highest BCUT2D eigenvalue weighted by Crippen LogP contribution is 2.38. The zero-order valence-corrected chi connectivity index (χ0v) is 20.8. The van der Waals surface area contributed by atoms with Gasteiger partial charge in [-0.3, -0.25) is 14.8 Å². The molecule has 4 rings (SSSR count). The summed E-state index contributed by atoms with van der Waals surface area (Å²) in [7, 11) is 0. The average Bonchev–Trinajstić information content (AvgIpc) is 2.91. The smallest absolute Gasteiger partial charge is 0.416 e. The van der Waals surface area contributed by atoms with Gasteiger partial charge in [-0.1, -0.05) is 24.3 Å². The minimum absolute atomic E-state index is 0.0770. The van der Waals surface area contributed by atoms with Crippen LogP contribution in [0.2, 0.25) is 0 Å². The molecule has 1 unspecified atom stereocenters. The Labute approximate surface area is 225 Å². The first-order chi connectivity index (χ1) is 18.8. The molecule has 0 saturated heterocycles. The first kappa shape index (κ1) is 28.9. The maximum Gasteiger partial charge on any atom is 0.416 e. The van der Waals surface area contributed by atoms with Crippen molar-refractivity contribution >= 4 is 17.8 Å². The Morgan fingerprint density at radius 2 is 1.57 bits per heavy atom. The Hall–Kier alpha value is -4.12. The lowest BCUT2D eigenvalue weighted by Gasteiger charge is -2.24. The Morgan fingerprint density at radius 3 is 2.17 bits per heavy atom. The number of ketones is 1. The monoisotopic (exact) mass is 563 g/mol. The van der Waals surface area contributed by atoms with Gasteiger partial charge in [0, 0.05) is 17.6 Å². The molecule has 1 atom stereocenters. The highest BCUT2D eigenvalue weighted by atomic mass is 19.4. The Bertz CT molecular complexity index is 1400. The van der Waals surface area contributed by atoms with Crippen molar-refractivity contribution in [3.63, 3.8) is 0 Å². The molecular formula is C29H23F6NO4. The van der Waals surface area contributed by atoms with E-state index in [-0.39, 0.29) is 36.9 Å². The number of halogens is 6. The largest absolute Gasteiger partial charge is 0.489 e. The van der Waals surface area contributed by atoms with E-state index in [1.165, 1.54) is 17.6 Å². The Kier molecular flexibility index (Phi) is 8.34. The van der Waals surface area contributed by atoms with Crippen molar-refractivity contribution in [2.75, 3.05) is 0 Å². The van der Waals surface area contributed by atoms with Crippen LogP contribution in [0.25, 0.3) is 6.08 Å². The zero-order chi connectivity index (χ0) is 29.1. The number of ether oxygens (including phenoxy) is 1. The lowest BCUT2D eigenvalue weighted by Crippen LogP contribution is -2.25. The number of benzene rings is 3. The van der Waals surface area contributed by atoms with Crippen molar-refractivity contribution in [2.24, 2.45) is 5.92 Å². The van der Waals surface area contributed by atoms with E-state index in [1.807, 2.05) is 0 Å². The fraction of sp³-hybridized carbons (Fsp3) is 0.241. The summed E-state index contributed by atoms with van der Waals surface area (Å²) in [5, 5.41) is 8.51. The van der Waals surface area contributed by atoms with Gasteiger partial charge in [0.1, 0.15) is 12.4 Å². The quantitative estimate of drug-likeness (QED) is 0.143. The van der Waals surface area contributed by atoms with Crippen LogP contribution >= 0.6 is 0 Å². The maximum absolute atomic E-state index is 13.2. The molecule has 1 amide bonds. The molecule has 1 aliphatic carbocycles. The third-order valence-electron chi connectivity index (χ3n) is 6.53. The number of carbonyl (C=O) groups excluding carboxylic acids is 2.